The number of nitrogens with zero attached hydrogens (tertiary/aromatic N) is 6. The number of hydrogen-bond acceptors (Lipinski definition) is 7. The summed E-state index contributed by atoms with van der Waals surface area (Å²) in [5, 5.41) is 6.72. The standard InChI is InChI=1S/C12H10FN7O/c1-14-10-17-11(20-7-15-6-16-20)19-12(18-10)21-9-4-2-3-8(13)5-9/h2-7H,1H3,(H,14,17,18,19). The summed E-state index contributed by atoms with van der Waals surface area (Å²) >= 11 is 0. The molecule has 2 heterocycles. The van der Waals surface area contributed by atoms with E-state index < -0.39 is 5.82 Å². The van der Waals surface area contributed by atoms with Crippen molar-refractivity contribution in [1.82, 2.24) is 29.7 Å². The molecule has 0 bridgehead atoms. The van der Waals surface area contributed by atoms with Crippen LogP contribution >= 0.6 is 0 Å². The lowest BCUT2D eigenvalue weighted by atomic mass is 10.3. The Morgan fingerprint density at radius 3 is 2.86 bits per heavy atom. The predicted octanol–water partition coefficient (Wildman–Crippen LogP) is 1.43. The van der Waals surface area contributed by atoms with E-state index >= 15 is 0 Å². The summed E-state index contributed by atoms with van der Waals surface area (Å²) in [4.78, 5) is 16.1. The van der Waals surface area contributed by atoms with Gasteiger partial charge < -0.3 is 10.1 Å². The molecule has 8 nitrogen and oxygen atoms in total. The van der Waals surface area contributed by atoms with Crippen LogP contribution in [0, 0.1) is 5.82 Å². The van der Waals surface area contributed by atoms with E-state index in [-0.39, 0.29) is 17.7 Å². The maximum Gasteiger partial charge on any atom is 0.328 e. The molecule has 1 aromatic carbocycles. The minimum absolute atomic E-state index is 0.0189. The van der Waals surface area contributed by atoms with Crippen LogP contribution in [-0.4, -0.2) is 36.8 Å². The molecule has 1 N–H and O–H groups in total. The van der Waals surface area contributed by atoms with E-state index in [1.807, 2.05) is 0 Å². The van der Waals surface area contributed by atoms with E-state index in [2.05, 4.69) is 30.4 Å². The van der Waals surface area contributed by atoms with Gasteiger partial charge in [0.05, 0.1) is 0 Å². The Hall–Kier alpha value is -3.10. The van der Waals surface area contributed by atoms with Gasteiger partial charge in [0.2, 0.25) is 5.95 Å². The highest BCUT2D eigenvalue weighted by molar-refractivity contribution is 5.31. The molecule has 0 fully saturated rings. The topological polar surface area (TPSA) is 90.6 Å². The zero-order valence-electron chi connectivity index (χ0n) is 10.9. The third-order valence-corrected chi connectivity index (χ3v) is 2.46. The fourth-order valence-corrected chi connectivity index (χ4v) is 1.55. The number of nitrogens with one attached hydrogen (secondary N) is 1. The maximum absolute atomic E-state index is 13.2. The number of hydrogen-bond donors (Lipinski definition) is 1. The first-order valence-electron chi connectivity index (χ1n) is 5.97. The second kappa shape index (κ2) is 5.49. The number of benzene rings is 1. The zero-order chi connectivity index (χ0) is 14.7. The first-order chi connectivity index (χ1) is 10.2. The third-order valence-electron chi connectivity index (χ3n) is 2.46. The molecule has 0 amide bonds. The average Bonchev–Trinajstić information content (AvgIpc) is 3.01. The summed E-state index contributed by atoms with van der Waals surface area (Å²) in [6.07, 6.45) is 2.80. The van der Waals surface area contributed by atoms with Gasteiger partial charge >= 0.3 is 6.01 Å². The molecular formula is C12H10FN7O. The predicted molar refractivity (Wildman–Crippen MR) is 70.8 cm³/mol. The van der Waals surface area contributed by atoms with Crippen molar-refractivity contribution < 1.29 is 9.13 Å². The van der Waals surface area contributed by atoms with E-state index in [4.69, 9.17) is 4.74 Å². The zero-order valence-corrected chi connectivity index (χ0v) is 10.9. The molecule has 0 aliphatic heterocycles. The molecule has 0 saturated heterocycles. The Morgan fingerprint density at radius 1 is 1.24 bits per heavy atom. The number of ether oxygens (including phenoxy) is 1. The second-order valence-corrected chi connectivity index (χ2v) is 3.89. The van der Waals surface area contributed by atoms with Gasteiger partial charge in [-0.3, -0.25) is 0 Å². The van der Waals surface area contributed by atoms with Crippen molar-refractivity contribution in [3.8, 4) is 17.7 Å². The van der Waals surface area contributed by atoms with Crippen molar-refractivity contribution in [3.05, 3.63) is 42.7 Å². The number of aromatic nitrogens is 6. The first kappa shape index (κ1) is 12.9. The molecule has 0 aliphatic carbocycles. The van der Waals surface area contributed by atoms with Crippen LogP contribution in [0.3, 0.4) is 0 Å². The third kappa shape index (κ3) is 2.91. The van der Waals surface area contributed by atoms with Crippen molar-refractivity contribution >= 4 is 5.95 Å². The van der Waals surface area contributed by atoms with Gasteiger partial charge in [-0.2, -0.15) is 24.7 Å². The Bertz CT molecular complexity index is 747. The molecule has 0 atom stereocenters. The van der Waals surface area contributed by atoms with Crippen LogP contribution in [0.2, 0.25) is 0 Å². The Balaban J connectivity index is 1.96. The lowest BCUT2D eigenvalue weighted by molar-refractivity contribution is 0.434. The van der Waals surface area contributed by atoms with Crippen LogP contribution in [-0.2, 0) is 0 Å². The van der Waals surface area contributed by atoms with Crippen LogP contribution < -0.4 is 10.1 Å². The number of rotatable bonds is 4. The second-order valence-electron chi connectivity index (χ2n) is 3.89. The highest BCUT2D eigenvalue weighted by Gasteiger charge is 2.10. The van der Waals surface area contributed by atoms with Gasteiger partial charge in [0.15, 0.2) is 0 Å². The lowest BCUT2D eigenvalue weighted by Gasteiger charge is -2.07. The van der Waals surface area contributed by atoms with Crippen LogP contribution in [0.4, 0.5) is 10.3 Å². The molecule has 3 rings (SSSR count). The van der Waals surface area contributed by atoms with Gasteiger partial charge in [0, 0.05) is 13.1 Å². The highest BCUT2D eigenvalue weighted by atomic mass is 19.1. The van der Waals surface area contributed by atoms with Crippen LogP contribution in [0.5, 0.6) is 11.8 Å². The molecule has 3 aromatic rings. The van der Waals surface area contributed by atoms with E-state index in [1.54, 1.807) is 13.1 Å². The molecule has 0 radical (unpaired) electrons. The summed E-state index contributed by atoms with van der Waals surface area (Å²) < 4.78 is 19.9. The van der Waals surface area contributed by atoms with E-state index in [0.29, 0.717) is 5.95 Å². The van der Waals surface area contributed by atoms with Gasteiger partial charge in [-0.15, -0.1) is 0 Å². The van der Waals surface area contributed by atoms with E-state index in [9.17, 15) is 4.39 Å². The molecule has 106 valence electrons. The molecule has 2 aromatic heterocycles. The fourth-order valence-electron chi connectivity index (χ4n) is 1.55. The van der Waals surface area contributed by atoms with Gasteiger partial charge in [0.1, 0.15) is 24.2 Å². The summed E-state index contributed by atoms with van der Waals surface area (Å²) in [5.41, 5.74) is 0. The molecule has 0 aliphatic rings. The Kier molecular flexibility index (Phi) is 3.37. The molecule has 0 unspecified atom stereocenters. The SMILES string of the molecule is CNc1nc(Oc2cccc(F)c2)nc(-n2cncn2)n1. The fraction of sp³-hybridized carbons (Fsp3) is 0.0833. The van der Waals surface area contributed by atoms with Gasteiger partial charge in [-0.25, -0.2) is 9.37 Å². The molecule has 9 heteroatoms. The van der Waals surface area contributed by atoms with Crippen molar-refractivity contribution in [1.29, 1.82) is 0 Å². The van der Waals surface area contributed by atoms with Crippen molar-refractivity contribution in [3.63, 3.8) is 0 Å². The molecule has 0 saturated carbocycles. The molecule has 21 heavy (non-hydrogen) atoms. The average molecular weight is 287 g/mol. The van der Waals surface area contributed by atoms with Crippen molar-refractivity contribution in [2.24, 2.45) is 0 Å². The van der Waals surface area contributed by atoms with Gasteiger partial charge in [-0.1, -0.05) is 6.07 Å². The largest absolute Gasteiger partial charge is 0.424 e. The number of halogens is 1. The van der Waals surface area contributed by atoms with Gasteiger partial charge in [-0.05, 0) is 12.1 Å². The van der Waals surface area contributed by atoms with Crippen molar-refractivity contribution in [2.75, 3.05) is 12.4 Å². The van der Waals surface area contributed by atoms with Crippen molar-refractivity contribution in [2.45, 2.75) is 0 Å². The summed E-state index contributed by atoms with van der Waals surface area (Å²) in [7, 11) is 1.66. The van der Waals surface area contributed by atoms with Crippen LogP contribution in [0.25, 0.3) is 5.95 Å². The lowest BCUT2D eigenvalue weighted by Crippen LogP contribution is -2.08. The van der Waals surface area contributed by atoms with E-state index in [1.165, 1.54) is 35.5 Å². The highest BCUT2D eigenvalue weighted by Crippen LogP contribution is 2.20. The van der Waals surface area contributed by atoms with Gasteiger partial charge in [0.25, 0.3) is 5.95 Å². The molecular weight excluding hydrogens is 277 g/mol. The monoisotopic (exact) mass is 287 g/mol. The smallest absolute Gasteiger partial charge is 0.328 e. The Labute approximate surface area is 118 Å². The van der Waals surface area contributed by atoms with E-state index in [0.717, 1.165) is 0 Å². The normalized spacial score (nSPS) is 10.4. The molecule has 0 spiro atoms. The minimum Gasteiger partial charge on any atom is -0.424 e. The van der Waals surface area contributed by atoms with Crippen LogP contribution in [0.1, 0.15) is 0 Å². The quantitative estimate of drug-likeness (QED) is 0.776. The van der Waals surface area contributed by atoms with Crippen LogP contribution in [0.15, 0.2) is 36.9 Å². The number of anilines is 1. The Morgan fingerprint density at radius 2 is 2.14 bits per heavy atom. The first-order valence-corrected chi connectivity index (χ1v) is 5.97. The summed E-state index contributed by atoms with van der Waals surface area (Å²) in [6.45, 7) is 0. The summed E-state index contributed by atoms with van der Waals surface area (Å²) in [6, 6.07) is 5.70. The maximum atomic E-state index is 13.2. The summed E-state index contributed by atoms with van der Waals surface area (Å²) in [5.74, 6) is 0.403. The minimum atomic E-state index is -0.410.